The quantitative estimate of drug-likeness (QED) is 0.694. The van der Waals surface area contributed by atoms with E-state index in [-0.39, 0.29) is 11.1 Å². The van der Waals surface area contributed by atoms with E-state index in [4.69, 9.17) is 33.7 Å². The Morgan fingerprint density at radius 3 is 2.50 bits per heavy atom. The molecule has 2 nitrogen and oxygen atoms in total. The largest absolute Gasteiger partial charge is 0.456 e. The van der Waals surface area contributed by atoms with Gasteiger partial charge in [0, 0.05) is 17.1 Å². The third kappa shape index (κ3) is 3.44. The summed E-state index contributed by atoms with van der Waals surface area (Å²) in [5.74, 6) is 0.251. The minimum absolute atomic E-state index is 0.0227. The normalized spacial score (nSPS) is 12.3. The molecule has 0 amide bonds. The van der Waals surface area contributed by atoms with Crippen LogP contribution < -0.4 is 10.5 Å². The molecule has 20 heavy (non-hydrogen) atoms. The Morgan fingerprint density at radius 1 is 1.20 bits per heavy atom. The first-order valence-electron chi connectivity index (χ1n) is 5.76. The fourth-order valence-corrected chi connectivity index (χ4v) is 2.71. The number of ether oxygens (including phenoxy) is 1. The first kappa shape index (κ1) is 15.6. The van der Waals surface area contributed by atoms with Crippen LogP contribution in [0.3, 0.4) is 0 Å². The van der Waals surface area contributed by atoms with E-state index in [0.29, 0.717) is 21.0 Å². The predicted molar refractivity (Wildman–Crippen MR) is 83.2 cm³/mol. The Balaban J connectivity index is 2.31. The van der Waals surface area contributed by atoms with Gasteiger partial charge in [0.1, 0.15) is 17.3 Å². The highest BCUT2D eigenvalue weighted by Gasteiger charge is 2.11. The molecule has 0 aromatic heterocycles. The van der Waals surface area contributed by atoms with Crippen LogP contribution >= 0.6 is 39.1 Å². The second-order valence-corrected chi connectivity index (χ2v) is 5.94. The second kappa shape index (κ2) is 6.31. The molecule has 0 radical (unpaired) electrons. The average molecular weight is 379 g/mol. The maximum Gasteiger partial charge on any atom is 0.145 e. The van der Waals surface area contributed by atoms with E-state index in [9.17, 15) is 4.39 Å². The average Bonchev–Trinajstić information content (AvgIpc) is 2.35. The minimum Gasteiger partial charge on any atom is -0.456 e. The van der Waals surface area contributed by atoms with Gasteiger partial charge in [0.05, 0.1) is 9.50 Å². The van der Waals surface area contributed by atoms with Gasteiger partial charge in [0.2, 0.25) is 0 Å². The summed E-state index contributed by atoms with van der Waals surface area (Å²) in [5.41, 5.74) is 6.60. The van der Waals surface area contributed by atoms with Crippen LogP contribution in [0.5, 0.6) is 11.5 Å². The van der Waals surface area contributed by atoms with Crippen molar-refractivity contribution in [1.29, 1.82) is 0 Å². The van der Waals surface area contributed by atoms with E-state index in [1.54, 1.807) is 18.2 Å². The summed E-state index contributed by atoms with van der Waals surface area (Å²) in [6.07, 6.45) is 0. The van der Waals surface area contributed by atoms with Gasteiger partial charge in [-0.2, -0.15) is 0 Å². The van der Waals surface area contributed by atoms with E-state index in [2.05, 4.69) is 15.9 Å². The lowest BCUT2D eigenvalue weighted by Gasteiger charge is -2.12. The third-order valence-corrected chi connectivity index (χ3v) is 3.90. The molecule has 0 aliphatic heterocycles. The number of hydrogen-bond acceptors (Lipinski definition) is 2. The van der Waals surface area contributed by atoms with Crippen molar-refractivity contribution in [2.24, 2.45) is 5.73 Å². The molecule has 0 bridgehead atoms. The van der Waals surface area contributed by atoms with Gasteiger partial charge < -0.3 is 10.5 Å². The SMILES string of the molecule is CC(N)c1ccc(Oc2cc(F)c(Cl)cc2Br)cc1Cl. The van der Waals surface area contributed by atoms with Crippen LogP contribution in [0, 0.1) is 5.82 Å². The molecule has 0 aliphatic rings. The van der Waals surface area contributed by atoms with Crippen molar-refractivity contribution in [3.63, 3.8) is 0 Å². The van der Waals surface area contributed by atoms with Gasteiger partial charge in [0.15, 0.2) is 0 Å². The number of nitrogens with two attached hydrogens (primary N) is 1. The molecule has 6 heteroatoms. The molecule has 0 aliphatic carbocycles. The van der Waals surface area contributed by atoms with Gasteiger partial charge in [-0.1, -0.05) is 29.3 Å². The van der Waals surface area contributed by atoms with Crippen LogP contribution in [-0.4, -0.2) is 0 Å². The van der Waals surface area contributed by atoms with Crippen LogP contribution in [0.2, 0.25) is 10.0 Å². The first-order chi connectivity index (χ1) is 9.38. The molecule has 0 heterocycles. The molecule has 0 fully saturated rings. The molecular weight excluding hydrogens is 368 g/mol. The molecule has 0 saturated heterocycles. The molecule has 0 spiro atoms. The van der Waals surface area contributed by atoms with Crippen molar-refractivity contribution in [2.75, 3.05) is 0 Å². The summed E-state index contributed by atoms with van der Waals surface area (Å²) in [7, 11) is 0. The second-order valence-electron chi connectivity index (χ2n) is 4.27. The molecule has 106 valence electrons. The zero-order chi connectivity index (χ0) is 14.9. The lowest BCUT2D eigenvalue weighted by atomic mass is 10.1. The number of halogens is 4. The van der Waals surface area contributed by atoms with E-state index < -0.39 is 5.82 Å². The van der Waals surface area contributed by atoms with Gasteiger partial charge in [-0.3, -0.25) is 0 Å². The highest BCUT2D eigenvalue weighted by Crippen LogP contribution is 2.35. The molecule has 1 unspecified atom stereocenters. The Kier molecular flexibility index (Phi) is 4.91. The van der Waals surface area contributed by atoms with Crippen LogP contribution in [-0.2, 0) is 0 Å². The highest BCUT2D eigenvalue weighted by atomic mass is 79.9. The van der Waals surface area contributed by atoms with E-state index in [1.165, 1.54) is 12.1 Å². The number of hydrogen-bond donors (Lipinski definition) is 1. The summed E-state index contributed by atoms with van der Waals surface area (Å²) < 4.78 is 19.6. The van der Waals surface area contributed by atoms with Gasteiger partial charge in [-0.15, -0.1) is 0 Å². The molecule has 0 saturated carbocycles. The van der Waals surface area contributed by atoms with Crippen molar-refractivity contribution in [3.8, 4) is 11.5 Å². The van der Waals surface area contributed by atoms with E-state index >= 15 is 0 Å². The maximum atomic E-state index is 13.4. The standard InChI is InChI=1S/C14H11BrCl2FNO/c1-7(19)9-3-2-8(4-11(9)16)20-14-6-13(18)12(17)5-10(14)15/h2-7H,19H2,1H3. The highest BCUT2D eigenvalue weighted by molar-refractivity contribution is 9.10. The maximum absolute atomic E-state index is 13.4. The lowest BCUT2D eigenvalue weighted by Crippen LogP contribution is -2.05. The molecule has 2 rings (SSSR count). The summed E-state index contributed by atoms with van der Waals surface area (Å²) in [5, 5.41) is 0.526. The Bertz CT molecular complexity index is 649. The summed E-state index contributed by atoms with van der Waals surface area (Å²) in [6, 6.07) is 7.62. The van der Waals surface area contributed by atoms with Gasteiger partial charge in [0.25, 0.3) is 0 Å². The van der Waals surface area contributed by atoms with Crippen molar-refractivity contribution < 1.29 is 9.13 Å². The fraction of sp³-hybridized carbons (Fsp3) is 0.143. The minimum atomic E-state index is -0.553. The van der Waals surface area contributed by atoms with Crippen LogP contribution in [0.1, 0.15) is 18.5 Å². The van der Waals surface area contributed by atoms with Crippen molar-refractivity contribution >= 4 is 39.1 Å². The molecular formula is C14H11BrCl2FNO. The van der Waals surface area contributed by atoms with E-state index in [0.717, 1.165) is 5.56 Å². The van der Waals surface area contributed by atoms with Crippen LogP contribution in [0.15, 0.2) is 34.8 Å². The molecule has 2 aromatic rings. The van der Waals surface area contributed by atoms with Crippen molar-refractivity contribution in [2.45, 2.75) is 13.0 Å². The summed E-state index contributed by atoms with van der Waals surface area (Å²) in [6.45, 7) is 1.84. The van der Waals surface area contributed by atoms with Crippen molar-refractivity contribution in [1.82, 2.24) is 0 Å². The number of rotatable bonds is 3. The molecule has 2 aromatic carbocycles. The van der Waals surface area contributed by atoms with Gasteiger partial charge in [-0.25, -0.2) is 4.39 Å². The Morgan fingerprint density at radius 2 is 1.90 bits per heavy atom. The lowest BCUT2D eigenvalue weighted by molar-refractivity contribution is 0.473. The van der Waals surface area contributed by atoms with E-state index in [1.807, 2.05) is 6.92 Å². The predicted octanol–water partition coefficient (Wildman–Crippen LogP) is 5.71. The Labute approximate surface area is 134 Å². The topological polar surface area (TPSA) is 35.2 Å². The first-order valence-corrected chi connectivity index (χ1v) is 7.31. The van der Waals surface area contributed by atoms with Crippen molar-refractivity contribution in [3.05, 3.63) is 56.2 Å². The Hall–Kier alpha value is -0.810. The fourth-order valence-electron chi connectivity index (χ4n) is 1.65. The molecule has 2 N–H and O–H groups in total. The van der Waals surface area contributed by atoms with Crippen LogP contribution in [0.25, 0.3) is 0 Å². The summed E-state index contributed by atoms with van der Waals surface area (Å²) in [4.78, 5) is 0. The third-order valence-electron chi connectivity index (χ3n) is 2.67. The van der Waals surface area contributed by atoms with Gasteiger partial charge >= 0.3 is 0 Å². The monoisotopic (exact) mass is 377 g/mol. The molecule has 1 atom stereocenters. The summed E-state index contributed by atoms with van der Waals surface area (Å²) >= 11 is 15.1. The van der Waals surface area contributed by atoms with Gasteiger partial charge in [-0.05, 0) is 46.6 Å². The number of benzene rings is 2. The zero-order valence-electron chi connectivity index (χ0n) is 10.5. The van der Waals surface area contributed by atoms with Crippen LogP contribution in [0.4, 0.5) is 4.39 Å². The smallest absolute Gasteiger partial charge is 0.145 e. The zero-order valence-corrected chi connectivity index (χ0v) is 13.6.